The molecule has 3 N–H and O–H groups in total. The van der Waals surface area contributed by atoms with E-state index < -0.39 is 9.84 Å². The Balaban J connectivity index is 1.78. The van der Waals surface area contributed by atoms with Crippen LogP contribution in [0.25, 0.3) is 16.8 Å². The molecule has 0 aliphatic heterocycles. The topological polar surface area (TPSA) is 119 Å². The first-order chi connectivity index (χ1) is 13.4. The van der Waals surface area contributed by atoms with Crippen molar-refractivity contribution in [3.05, 3.63) is 47.9 Å². The van der Waals surface area contributed by atoms with Gasteiger partial charge in [-0.2, -0.15) is 0 Å². The molecule has 0 radical (unpaired) electrons. The first-order valence-corrected chi connectivity index (χ1v) is 10.7. The van der Waals surface area contributed by atoms with E-state index in [0.29, 0.717) is 23.5 Å². The van der Waals surface area contributed by atoms with Crippen LogP contribution in [0.2, 0.25) is 0 Å². The molecule has 9 heteroatoms. The van der Waals surface area contributed by atoms with Crippen molar-refractivity contribution in [1.29, 1.82) is 0 Å². The van der Waals surface area contributed by atoms with Crippen LogP contribution in [0.15, 0.2) is 46.5 Å². The number of hydrogen-bond donors (Lipinski definition) is 2. The molecular weight excluding hydrogens is 376 g/mol. The summed E-state index contributed by atoms with van der Waals surface area (Å²) in [5, 5.41) is 8.41. The van der Waals surface area contributed by atoms with Crippen molar-refractivity contribution in [2.75, 3.05) is 0 Å². The molecule has 0 bridgehead atoms. The van der Waals surface area contributed by atoms with Crippen molar-refractivity contribution in [3.63, 3.8) is 0 Å². The highest BCUT2D eigenvalue weighted by Gasteiger charge is 2.35. The lowest BCUT2D eigenvalue weighted by Crippen LogP contribution is -2.48. The van der Waals surface area contributed by atoms with E-state index in [1.54, 1.807) is 41.8 Å². The largest absolute Gasteiger partial charge is 0.345 e. The predicted octanol–water partition coefficient (Wildman–Crippen LogP) is 2.17. The summed E-state index contributed by atoms with van der Waals surface area (Å²) in [4.78, 5) is 7.63. The number of rotatable bonds is 4. The molecule has 3 aromatic heterocycles. The summed E-state index contributed by atoms with van der Waals surface area (Å²) in [5.74, 6) is 0.658. The summed E-state index contributed by atoms with van der Waals surface area (Å²) in [6.45, 7) is 1.77. The van der Waals surface area contributed by atoms with Crippen LogP contribution in [0.1, 0.15) is 30.7 Å². The molecule has 3 heterocycles. The second-order valence-corrected chi connectivity index (χ2v) is 9.40. The second kappa shape index (κ2) is 5.86. The quantitative estimate of drug-likeness (QED) is 0.546. The SMILES string of the molecule is Cc1ccccc1S(=O)(=O)c1nc2[nH]ccc2n2c(CC3(N)CCC3)nnc12. The van der Waals surface area contributed by atoms with Gasteiger partial charge in [-0.15, -0.1) is 10.2 Å². The molecule has 144 valence electrons. The van der Waals surface area contributed by atoms with Gasteiger partial charge in [0.1, 0.15) is 5.82 Å². The monoisotopic (exact) mass is 396 g/mol. The molecule has 0 spiro atoms. The van der Waals surface area contributed by atoms with Crippen LogP contribution < -0.4 is 5.73 Å². The maximum absolute atomic E-state index is 13.4. The number of fused-ring (bicyclic) bond motifs is 3. The van der Waals surface area contributed by atoms with Crippen molar-refractivity contribution in [2.45, 2.75) is 48.1 Å². The first kappa shape index (κ1) is 17.3. The van der Waals surface area contributed by atoms with Crippen LogP contribution in [0.4, 0.5) is 0 Å². The molecule has 4 aromatic rings. The van der Waals surface area contributed by atoms with Gasteiger partial charge in [0, 0.05) is 18.2 Å². The van der Waals surface area contributed by atoms with E-state index in [0.717, 1.165) is 24.8 Å². The van der Waals surface area contributed by atoms with Gasteiger partial charge in [0.2, 0.25) is 14.9 Å². The zero-order valence-electron chi connectivity index (χ0n) is 15.4. The minimum Gasteiger partial charge on any atom is -0.345 e. The number of aromatic amines is 1. The molecule has 0 saturated heterocycles. The van der Waals surface area contributed by atoms with E-state index in [9.17, 15) is 8.42 Å². The summed E-state index contributed by atoms with van der Waals surface area (Å²) >= 11 is 0. The normalized spacial score (nSPS) is 16.5. The predicted molar refractivity (Wildman–Crippen MR) is 104 cm³/mol. The van der Waals surface area contributed by atoms with E-state index in [2.05, 4.69) is 20.2 Å². The van der Waals surface area contributed by atoms with Gasteiger partial charge in [-0.25, -0.2) is 13.4 Å². The molecule has 1 aromatic carbocycles. The zero-order chi connectivity index (χ0) is 19.5. The highest BCUT2D eigenvalue weighted by Crippen LogP contribution is 2.33. The van der Waals surface area contributed by atoms with Crippen molar-refractivity contribution < 1.29 is 8.42 Å². The Hall–Kier alpha value is -2.78. The summed E-state index contributed by atoms with van der Waals surface area (Å²) in [7, 11) is -3.87. The molecule has 1 aliphatic rings. The van der Waals surface area contributed by atoms with Crippen LogP contribution in [0.3, 0.4) is 0 Å². The number of nitrogens with one attached hydrogen (secondary N) is 1. The van der Waals surface area contributed by atoms with Crippen LogP contribution in [0.5, 0.6) is 0 Å². The van der Waals surface area contributed by atoms with Gasteiger partial charge >= 0.3 is 0 Å². The average molecular weight is 396 g/mol. The molecule has 28 heavy (non-hydrogen) atoms. The fourth-order valence-corrected chi connectivity index (χ4v) is 5.40. The number of aromatic nitrogens is 5. The third-order valence-electron chi connectivity index (χ3n) is 5.58. The Bertz CT molecular complexity index is 1320. The molecular formula is C19H20N6O2S. The van der Waals surface area contributed by atoms with E-state index in [4.69, 9.17) is 5.73 Å². The number of aryl methyl sites for hydroxylation is 1. The maximum Gasteiger partial charge on any atom is 0.228 e. The van der Waals surface area contributed by atoms with Gasteiger partial charge in [-0.1, -0.05) is 18.2 Å². The van der Waals surface area contributed by atoms with Crippen molar-refractivity contribution >= 4 is 26.6 Å². The van der Waals surface area contributed by atoms with E-state index in [1.165, 1.54) is 0 Å². The molecule has 0 amide bonds. The fraction of sp³-hybridized carbons (Fsp3) is 0.316. The molecule has 8 nitrogen and oxygen atoms in total. The Labute approximate surface area is 161 Å². The van der Waals surface area contributed by atoms with Crippen LogP contribution >= 0.6 is 0 Å². The van der Waals surface area contributed by atoms with Gasteiger partial charge < -0.3 is 10.7 Å². The third kappa shape index (κ3) is 2.46. The van der Waals surface area contributed by atoms with Crippen LogP contribution in [-0.4, -0.2) is 38.5 Å². The molecule has 1 fully saturated rings. The third-order valence-corrected chi connectivity index (χ3v) is 7.40. The Morgan fingerprint density at radius 2 is 2.00 bits per heavy atom. The van der Waals surface area contributed by atoms with Crippen molar-refractivity contribution in [3.8, 4) is 0 Å². The fourth-order valence-electron chi connectivity index (χ4n) is 3.86. The highest BCUT2D eigenvalue weighted by molar-refractivity contribution is 7.91. The van der Waals surface area contributed by atoms with E-state index >= 15 is 0 Å². The first-order valence-electron chi connectivity index (χ1n) is 9.20. The summed E-state index contributed by atoms with van der Waals surface area (Å²) in [6.07, 6.45) is 5.23. The standard InChI is InChI=1S/C19H20N6O2S/c1-12-5-2-3-6-14(12)28(26,27)18-17-24-23-15(11-19(20)8-4-9-19)25(17)13-7-10-21-16(13)22-18/h2-3,5-7,10,21H,4,8-9,11,20H2,1H3. The number of nitrogens with two attached hydrogens (primary N) is 1. The molecule has 1 aliphatic carbocycles. The number of H-pyrrole nitrogens is 1. The van der Waals surface area contributed by atoms with Crippen LogP contribution in [-0.2, 0) is 16.3 Å². The number of nitrogens with zero attached hydrogens (tertiary/aromatic N) is 4. The van der Waals surface area contributed by atoms with Crippen LogP contribution in [0, 0.1) is 6.92 Å². The summed E-state index contributed by atoms with van der Waals surface area (Å²) in [5.41, 5.74) is 8.21. The van der Waals surface area contributed by atoms with E-state index in [1.807, 2.05) is 6.07 Å². The van der Waals surface area contributed by atoms with Gasteiger partial charge in [0.25, 0.3) is 0 Å². The lowest BCUT2D eigenvalue weighted by molar-refractivity contribution is 0.243. The molecule has 5 rings (SSSR count). The van der Waals surface area contributed by atoms with Gasteiger partial charge in [0.15, 0.2) is 11.3 Å². The number of hydrogen-bond acceptors (Lipinski definition) is 6. The minimum absolute atomic E-state index is 0.102. The lowest BCUT2D eigenvalue weighted by atomic mass is 9.75. The summed E-state index contributed by atoms with van der Waals surface area (Å²) in [6, 6.07) is 8.70. The Morgan fingerprint density at radius 1 is 1.21 bits per heavy atom. The number of sulfone groups is 1. The zero-order valence-corrected chi connectivity index (χ0v) is 16.2. The van der Waals surface area contributed by atoms with Gasteiger partial charge in [-0.05, 0) is 43.9 Å². The Morgan fingerprint density at radius 3 is 2.71 bits per heavy atom. The van der Waals surface area contributed by atoms with E-state index in [-0.39, 0.29) is 21.1 Å². The maximum atomic E-state index is 13.4. The lowest BCUT2D eigenvalue weighted by Gasteiger charge is -2.37. The molecule has 0 atom stereocenters. The second-order valence-electron chi connectivity index (χ2n) is 7.57. The number of benzene rings is 1. The Kier molecular flexibility index (Phi) is 3.62. The summed E-state index contributed by atoms with van der Waals surface area (Å²) < 4.78 is 28.6. The van der Waals surface area contributed by atoms with Gasteiger partial charge in [-0.3, -0.25) is 4.40 Å². The van der Waals surface area contributed by atoms with Crippen molar-refractivity contribution in [2.24, 2.45) is 5.73 Å². The molecule has 1 saturated carbocycles. The average Bonchev–Trinajstić information content (AvgIpc) is 3.26. The minimum atomic E-state index is -3.87. The smallest absolute Gasteiger partial charge is 0.228 e. The highest BCUT2D eigenvalue weighted by atomic mass is 32.2. The van der Waals surface area contributed by atoms with Crippen molar-refractivity contribution in [1.82, 2.24) is 24.6 Å². The molecule has 0 unspecified atom stereocenters. The van der Waals surface area contributed by atoms with Gasteiger partial charge in [0.05, 0.1) is 10.4 Å².